The van der Waals surface area contributed by atoms with Crippen LogP contribution in [0.4, 0.5) is 23.1 Å². The Morgan fingerprint density at radius 1 is 0.970 bits per heavy atom. The van der Waals surface area contributed by atoms with Crippen molar-refractivity contribution >= 4 is 33.0 Å². The van der Waals surface area contributed by atoms with Gasteiger partial charge in [0.1, 0.15) is 5.82 Å². The number of nitrogens with zero attached hydrogens (tertiary/aromatic N) is 4. The van der Waals surface area contributed by atoms with Gasteiger partial charge in [-0.2, -0.15) is 4.98 Å². The number of nitrogens with two attached hydrogens (primary N) is 1. The second-order valence-corrected chi connectivity index (χ2v) is 10.6. The van der Waals surface area contributed by atoms with Crippen molar-refractivity contribution in [1.29, 1.82) is 0 Å². The molecule has 0 bridgehead atoms. The lowest BCUT2D eigenvalue weighted by Crippen LogP contribution is -2.44. The van der Waals surface area contributed by atoms with Gasteiger partial charge in [0.2, 0.25) is 5.95 Å². The summed E-state index contributed by atoms with van der Waals surface area (Å²) in [6, 6.07) is 13.5. The maximum Gasteiger partial charge on any atom is 0.229 e. The summed E-state index contributed by atoms with van der Waals surface area (Å²) in [5.41, 5.74) is 10.9. The highest BCUT2D eigenvalue weighted by atomic mass is 32.2. The number of aromatic nitrogens is 2. The molecule has 0 unspecified atom stereocenters. The zero-order valence-electron chi connectivity index (χ0n) is 19.5. The minimum absolute atomic E-state index is 0.283. The molecule has 174 valence electrons. The van der Waals surface area contributed by atoms with Crippen molar-refractivity contribution in [3.05, 3.63) is 53.6 Å². The van der Waals surface area contributed by atoms with Gasteiger partial charge in [-0.05, 0) is 56.8 Å². The number of piperazine rings is 1. The average molecular weight is 467 g/mol. The first kappa shape index (κ1) is 23.0. The second-order valence-electron chi connectivity index (χ2n) is 8.62. The molecule has 0 saturated carbocycles. The van der Waals surface area contributed by atoms with Crippen LogP contribution in [-0.4, -0.2) is 62.8 Å². The summed E-state index contributed by atoms with van der Waals surface area (Å²) in [6.45, 7) is 7.74. The van der Waals surface area contributed by atoms with Crippen molar-refractivity contribution in [1.82, 2.24) is 14.9 Å². The quantitative estimate of drug-likeness (QED) is 0.591. The van der Waals surface area contributed by atoms with Crippen LogP contribution in [0.2, 0.25) is 0 Å². The predicted octanol–water partition coefficient (Wildman–Crippen LogP) is 3.24. The van der Waals surface area contributed by atoms with E-state index in [1.807, 2.05) is 25.1 Å². The third-order valence-electron chi connectivity index (χ3n) is 6.04. The Balaban J connectivity index is 1.61. The van der Waals surface area contributed by atoms with E-state index in [0.29, 0.717) is 34.2 Å². The Kier molecular flexibility index (Phi) is 6.27. The van der Waals surface area contributed by atoms with E-state index in [1.165, 1.54) is 11.9 Å². The molecule has 3 N–H and O–H groups in total. The minimum atomic E-state index is -3.36. The first-order chi connectivity index (χ1) is 15.6. The van der Waals surface area contributed by atoms with Crippen molar-refractivity contribution in [3.63, 3.8) is 0 Å². The van der Waals surface area contributed by atoms with E-state index in [4.69, 9.17) is 5.73 Å². The van der Waals surface area contributed by atoms with Crippen LogP contribution in [0.15, 0.2) is 47.4 Å². The number of hydrogen-bond acceptors (Lipinski definition) is 8. The van der Waals surface area contributed by atoms with E-state index >= 15 is 0 Å². The smallest absolute Gasteiger partial charge is 0.229 e. The molecule has 33 heavy (non-hydrogen) atoms. The summed E-state index contributed by atoms with van der Waals surface area (Å²) >= 11 is 0. The van der Waals surface area contributed by atoms with Crippen molar-refractivity contribution in [2.75, 3.05) is 55.4 Å². The van der Waals surface area contributed by atoms with Crippen LogP contribution >= 0.6 is 0 Å². The number of rotatable bonds is 5. The molecule has 0 spiro atoms. The number of benzene rings is 2. The number of anilines is 4. The number of likely N-dealkylation sites (N-methyl/N-ethyl adjacent to an activating group) is 1. The van der Waals surface area contributed by atoms with Gasteiger partial charge in [0.05, 0.1) is 10.6 Å². The molecule has 2 heterocycles. The molecule has 4 rings (SSSR count). The van der Waals surface area contributed by atoms with Crippen LogP contribution in [0.3, 0.4) is 0 Å². The van der Waals surface area contributed by atoms with Gasteiger partial charge in [0, 0.05) is 54.9 Å². The summed E-state index contributed by atoms with van der Waals surface area (Å²) in [4.78, 5) is 14.0. The van der Waals surface area contributed by atoms with Gasteiger partial charge in [-0.1, -0.05) is 12.1 Å². The fourth-order valence-corrected chi connectivity index (χ4v) is 4.96. The largest absolute Gasteiger partial charge is 0.383 e. The molecule has 1 aromatic heterocycles. The molecular weight excluding hydrogens is 436 g/mol. The van der Waals surface area contributed by atoms with Crippen LogP contribution in [0, 0.1) is 13.8 Å². The Morgan fingerprint density at radius 3 is 2.27 bits per heavy atom. The molecule has 9 heteroatoms. The summed E-state index contributed by atoms with van der Waals surface area (Å²) < 4.78 is 24.4. The Bertz CT molecular complexity index is 1270. The molecule has 2 aromatic carbocycles. The molecule has 0 amide bonds. The lowest BCUT2D eigenvalue weighted by Gasteiger charge is -2.34. The van der Waals surface area contributed by atoms with Gasteiger partial charge in [0.15, 0.2) is 9.84 Å². The molecule has 1 aliphatic rings. The van der Waals surface area contributed by atoms with E-state index in [2.05, 4.69) is 44.3 Å². The number of aryl methyl sites for hydroxylation is 1. The molecule has 1 saturated heterocycles. The lowest BCUT2D eigenvalue weighted by molar-refractivity contribution is 0.313. The van der Waals surface area contributed by atoms with Crippen molar-refractivity contribution in [2.24, 2.45) is 0 Å². The molecule has 8 nitrogen and oxygen atoms in total. The molecule has 1 aliphatic heterocycles. The fourth-order valence-electron chi connectivity index (χ4n) is 3.97. The lowest BCUT2D eigenvalue weighted by atomic mass is 10.1. The predicted molar refractivity (Wildman–Crippen MR) is 134 cm³/mol. The summed E-state index contributed by atoms with van der Waals surface area (Å²) in [5.74, 6) is 0.708. The Morgan fingerprint density at radius 2 is 1.64 bits per heavy atom. The monoisotopic (exact) mass is 466 g/mol. The second kappa shape index (κ2) is 8.99. The van der Waals surface area contributed by atoms with Gasteiger partial charge in [-0.3, -0.25) is 0 Å². The first-order valence-corrected chi connectivity index (χ1v) is 12.8. The van der Waals surface area contributed by atoms with Gasteiger partial charge in [-0.15, -0.1) is 0 Å². The summed E-state index contributed by atoms with van der Waals surface area (Å²) in [5, 5.41) is 3.23. The maximum atomic E-state index is 12.2. The van der Waals surface area contributed by atoms with Gasteiger partial charge in [-0.25, -0.2) is 13.4 Å². The standard InChI is InChI=1S/C24H30N6O2S/c1-16-5-6-18(15-21(16)33(4,31)32)22-17(2)23(25)28-24(27-22)26-19-7-9-20(10-8-19)30-13-11-29(3)12-14-30/h5-10,15H,11-14H2,1-4H3,(H3,25,26,27,28). The maximum absolute atomic E-state index is 12.2. The number of hydrogen-bond donors (Lipinski definition) is 2. The first-order valence-electron chi connectivity index (χ1n) is 10.9. The molecule has 3 aromatic rings. The fraction of sp³-hybridized carbons (Fsp3) is 0.333. The SMILES string of the molecule is Cc1ccc(-c2nc(Nc3ccc(N4CCN(C)CC4)cc3)nc(N)c2C)cc1S(C)(=O)=O. The van der Waals surface area contributed by atoms with Crippen molar-refractivity contribution in [3.8, 4) is 11.3 Å². The van der Waals surface area contributed by atoms with Crippen LogP contribution in [0.25, 0.3) is 11.3 Å². The third kappa shape index (κ3) is 5.09. The van der Waals surface area contributed by atoms with Crippen LogP contribution < -0.4 is 16.0 Å². The topological polar surface area (TPSA) is 104 Å². The highest BCUT2D eigenvalue weighted by Crippen LogP contribution is 2.30. The molecular formula is C24H30N6O2S. The van der Waals surface area contributed by atoms with E-state index in [0.717, 1.165) is 31.9 Å². The zero-order valence-corrected chi connectivity index (χ0v) is 20.3. The summed E-state index contributed by atoms with van der Waals surface area (Å²) in [6.07, 6.45) is 1.21. The van der Waals surface area contributed by atoms with E-state index in [9.17, 15) is 8.42 Å². The molecule has 0 radical (unpaired) electrons. The average Bonchev–Trinajstić information content (AvgIpc) is 2.77. The van der Waals surface area contributed by atoms with Gasteiger partial charge in [0.25, 0.3) is 0 Å². The number of nitrogens with one attached hydrogen (secondary N) is 1. The zero-order chi connectivity index (χ0) is 23.8. The van der Waals surface area contributed by atoms with Gasteiger partial charge >= 0.3 is 0 Å². The van der Waals surface area contributed by atoms with Crippen molar-refractivity contribution < 1.29 is 8.42 Å². The van der Waals surface area contributed by atoms with Crippen LogP contribution in [0.1, 0.15) is 11.1 Å². The van der Waals surface area contributed by atoms with E-state index in [1.54, 1.807) is 19.1 Å². The Labute approximate surface area is 195 Å². The Hall–Kier alpha value is -3.17. The third-order valence-corrected chi connectivity index (χ3v) is 7.28. The molecule has 1 fully saturated rings. The highest BCUT2D eigenvalue weighted by Gasteiger charge is 2.17. The van der Waals surface area contributed by atoms with Crippen molar-refractivity contribution in [2.45, 2.75) is 18.7 Å². The van der Waals surface area contributed by atoms with E-state index < -0.39 is 9.84 Å². The molecule has 0 aliphatic carbocycles. The van der Waals surface area contributed by atoms with E-state index in [-0.39, 0.29) is 4.90 Å². The van der Waals surface area contributed by atoms with Gasteiger partial charge < -0.3 is 20.9 Å². The minimum Gasteiger partial charge on any atom is -0.383 e. The van der Waals surface area contributed by atoms with Crippen LogP contribution in [0.5, 0.6) is 0 Å². The summed E-state index contributed by atoms with van der Waals surface area (Å²) in [7, 11) is -1.22. The number of nitrogen functional groups attached to an aromatic ring is 1. The highest BCUT2D eigenvalue weighted by molar-refractivity contribution is 7.90. The molecule has 0 atom stereocenters. The normalized spacial score (nSPS) is 15.0. The number of sulfone groups is 1. The van der Waals surface area contributed by atoms with Crippen LogP contribution in [-0.2, 0) is 9.84 Å².